The first kappa shape index (κ1) is 12.9. The van der Waals surface area contributed by atoms with E-state index in [0.29, 0.717) is 5.54 Å². The van der Waals surface area contributed by atoms with Crippen molar-refractivity contribution in [3.05, 3.63) is 0 Å². The Morgan fingerprint density at radius 1 is 1.00 bits per heavy atom. The van der Waals surface area contributed by atoms with E-state index in [1.165, 1.54) is 17.6 Å². The highest BCUT2D eigenvalue weighted by Gasteiger charge is 2.45. The van der Waals surface area contributed by atoms with Crippen LogP contribution in [0.5, 0.6) is 0 Å². The molecule has 0 aromatic carbocycles. The summed E-state index contributed by atoms with van der Waals surface area (Å²) in [7, 11) is 2.40. The van der Waals surface area contributed by atoms with Crippen LogP contribution in [0, 0.1) is 11.8 Å². The average molecular weight is 187 g/mol. The van der Waals surface area contributed by atoms with Gasteiger partial charge in [0.25, 0.3) is 0 Å². The van der Waals surface area contributed by atoms with Crippen molar-refractivity contribution in [2.75, 3.05) is 20.1 Å². The van der Waals surface area contributed by atoms with Crippen LogP contribution in [0.25, 0.3) is 0 Å². The highest BCUT2D eigenvalue weighted by atomic mass is 16.0. The Morgan fingerprint density at radius 2 is 1.31 bits per heavy atom. The fourth-order valence-corrected chi connectivity index (χ4v) is 2.25. The van der Waals surface area contributed by atoms with E-state index in [9.17, 15) is 0 Å². The summed E-state index contributed by atoms with van der Waals surface area (Å²) in [6.07, 6.45) is 0. The molecule has 0 spiro atoms. The van der Waals surface area contributed by atoms with Gasteiger partial charge >= 0.3 is 0 Å². The predicted molar refractivity (Wildman–Crippen MR) is 55.9 cm³/mol. The number of nitrogens with zero attached hydrogens (tertiary/aromatic N) is 1. The molecular formula is C11H25NO. The maximum Gasteiger partial charge on any atom is 0.0905 e. The second-order valence-corrected chi connectivity index (χ2v) is 5.89. The molecule has 2 unspecified atom stereocenters. The second kappa shape index (κ2) is 3.58. The average Bonchev–Trinajstić information content (AvgIpc) is 2.06. The molecule has 1 aliphatic heterocycles. The molecule has 2 heteroatoms. The standard InChI is InChI=1S/C11H24N.H2O/c1-9-7-12(6,8-10(9)2)11(3,4)5;/h9-10H,7-8H2,1-6H3;1H2/q+1;/p-1. The number of rotatable bonds is 0. The Hall–Kier alpha value is -0.0800. The zero-order valence-electron chi connectivity index (χ0n) is 9.96. The smallest absolute Gasteiger partial charge is 0.0905 e. The van der Waals surface area contributed by atoms with Gasteiger partial charge in [0.2, 0.25) is 0 Å². The lowest BCUT2D eigenvalue weighted by molar-refractivity contribution is -0.944. The lowest BCUT2D eigenvalue weighted by atomic mass is 10.0. The monoisotopic (exact) mass is 187 g/mol. The van der Waals surface area contributed by atoms with Crippen molar-refractivity contribution in [2.24, 2.45) is 11.8 Å². The van der Waals surface area contributed by atoms with Crippen LogP contribution < -0.4 is 0 Å². The molecule has 1 fully saturated rings. The van der Waals surface area contributed by atoms with Crippen molar-refractivity contribution in [3.8, 4) is 0 Å². The molecule has 1 N–H and O–H groups in total. The topological polar surface area (TPSA) is 30.0 Å². The minimum atomic E-state index is 0. The van der Waals surface area contributed by atoms with Crippen LogP contribution in [0.2, 0.25) is 0 Å². The van der Waals surface area contributed by atoms with Gasteiger partial charge in [-0.2, -0.15) is 0 Å². The van der Waals surface area contributed by atoms with E-state index in [2.05, 4.69) is 41.7 Å². The third-order valence-corrected chi connectivity index (χ3v) is 3.97. The van der Waals surface area contributed by atoms with Gasteiger partial charge < -0.3 is 9.96 Å². The summed E-state index contributed by atoms with van der Waals surface area (Å²) in [5.74, 6) is 1.79. The van der Waals surface area contributed by atoms with Gasteiger partial charge in [-0.3, -0.25) is 0 Å². The summed E-state index contributed by atoms with van der Waals surface area (Å²) >= 11 is 0. The van der Waals surface area contributed by atoms with Crippen molar-refractivity contribution in [1.29, 1.82) is 0 Å². The van der Waals surface area contributed by atoms with Gasteiger partial charge in [0.05, 0.1) is 25.7 Å². The minimum absolute atomic E-state index is 0. The number of hydrogen-bond acceptors (Lipinski definition) is 1. The van der Waals surface area contributed by atoms with E-state index in [1.54, 1.807) is 0 Å². The van der Waals surface area contributed by atoms with E-state index in [1.807, 2.05) is 0 Å². The lowest BCUT2D eigenvalue weighted by Gasteiger charge is -2.42. The molecule has 0 amide bonds. The fraction of sp³-hybridized carbons (Fsp3) is 1.00. The minimum Gasteiger partial charge on any atom is -0.870 e. The van der Waals surface area contributed by atoms with E-state index in [0.717, 1.165) is 11.8 Å². The molecule has 2 atom stereocenters. The number of quaternary nitrogens is 1. The molecule has 80 valence electrons. The molecule has 0 radical (unpaired) electrons. The Bertz CT molecular complexity index is 161. The summed E-state index contributed by atoms with van der Waals surface area (Å²) in [6, 6.07) is 0. The van der Waals surface area contributed by atoms with E-state index < -0.39 is 0 Å². The van der Waals surface area contributed by atoms with Crippen LogP contribution in [-0.4, -0.2) is 35.6 Å². The number of likely N-dealkylation sites (tertiary alicyclic amines) is 1. The molecule has 2 nitrogen and oxygen atoms in total. The van der Waals surface area contributed by atoms with Gasteiger partial charge in [-0.25, -0.2) is 0 Å². The SMILES string of the molecule is CC1C[N+](C)(C(C)(C)C)CC1C.[OH-]. The van der Waals surface area contributed by atoms with Crippen molar-refractivity contribution < 1.29 is 9.96 Å². The molecule has 1 rings (SSSR count). The van der Waals surface area contributed by atoms with Crippen LogP contribution in [0.4, 0.5) is 0 Å². The van der Waals surface area contributed by atoms with Crippen molar-refractivity contribution in [3.63, 3.8) is 0 Å². The molecular weight excluding hydrogens is 162 g/mol. The van der Waals surface area contributed by atoms with E-state index in [4.69, 9.17) is 0 Å². The zero-order valence-corrected chi connectivity index (χ0v) is 9.96. The highest BCUT2D eigenvalue weighted by molar-refractivity contribution is 4.74. The van der Waals surface area contributed by atoms with Crippen LogP contribution in [0.1, 0.15) is 34.6 Å². The zero-order chi connectivity index (χ0) is 9.57. The van der Waals surface area contributed by atoms with Crippen LogP contribution >= 0.6 is 0 Å². The highest BCUT2D eigenvalue weighted by Crippen LogP contribution is 2.34. The quantitative estimate of drug-likeness (QED) is 0.535. The Labute approximate surface area is 82.8 Å². The van der Waals surface area contributed by atoms with Gasteiger partial charge in [0, 0.05) is 11.8 Å². The maximum atomic E-state index is 2.40. The number of hydrogen-bond donors (Lipinski definition) is 0. The molecule has 0 saturated carbocycles. The first-order valence-corrected chi connectivity index (χ1v) is 5.11. The van der Waals surface area contributed by atoms with Gasteiger partial charge in [-0.15, -0.1) is 0 Å². The summed E-state index contributed by atoms with van der Waals surface area (Å²) in [4.78, 5) is 0. The second-order valence-electron chi connectivity index (χ2n) is 5.89. The summed E-state index contributed by atoms with van der Waals surface area (Å²) in [5, 5.41) is 0. The van der Waals surface area contributed by atoms with Gasteiger partial charge in [0.15, 0.2) is 0 Å². The van der Waals surface area contributed by atoms with Gasteiger partial charge in [-0.05, 0) is 20.8 Å². The van der Waals surface area contributed by atoms with Gasteiger partial charge in [-0.1, -0.05) is 13.8 Å². The van der Waals surface area contributed by atoms with Crippen molar-refractivity contribution >= 4 is 0 Å². The molecule has 1 aliphatic rings. The molecule has 0 aliphatic carbocycles. The van der Waals surface area contributed by atoms with Crippen molar-refractivity contribution in [2.45, 2.75) is 40.2 Å². The first-order chi connectivity index (χ1) is 5.26. The Balaban J connectivity index is 0.00000144. The summed E-state index contributed by atoms with van der Waals surface area (Å²) in [6.45, 7) is 14.6. The van der Waals surface area contributed by atoms with Crippen LogP contribution in [0.15, 0.2) is 0 Å². The molecule has 0 aromatic heterocycles. The van der Waals surface area contributed by atoms with Gasteiger partial charge in [0.1, 0.15) is 0 Å². The van der Waals surface area contributed by atoms with Crippen LogP contribution in [-0.2, 0) is 0 Å². The Kier molecular flexibility index (Phi) is 3.56. The third-order valence-electron chi connectivity index (χ3n) is 3.97. The molecule has 0 aromatic rings. The van der Waals surface area contributed by atoms with E-state index >= 15 is 0 Å². The Morgan fingerprint density at radius 3 is 1.46 bits per heavy atom. The van der Waals surface area contributed by atoms with Crippen LogP contribution in [0.3, 0.4) is 0 Å². The molecule has 13 heavy (non-hydrogen) atoms. The molecule has 1 saturated heterocycles. The third kappa shape index (κ3) is 2.23. The first-order valence-electron chi connectivity index (χ1n) is 5.11. The maximum absolute atomic E-state index is 2.40. The normalized spacial score (nSPS) is 40.2. The summed E-state index contributed by atoms with van der Waals surface area (Å²) < 4.78 is 1.25. The lowest BCUT2D eigenvalue weighted by Crippen LogP contribution is -2.55. The van der Waals surface area contributed by atoms with Crippen molar-refractivity contribution in [1.82, 2.24) is 0 Å². The molecule has 0 bridgehead atoms. The predicted octanol–water partition coefficient (Wildman–Crippen LogP) is 2.34. The largest absolute Gasteiger partial charge is 0.870 e. The fourth-order valence-electron chi connectivity index (χ4n) is 2.25. The van der Waals surface area contributed by atoms with E-state index in [-0.39, 0.29) is 5.48 Å². The summed E-state index contributed by atoms with van der Waals surface area (Å²) in [5.41, 5.74) is 0.416. The molecule has 1 heterocycles.